The smallest absolute Gasteiger partial charge is 0.320 e. The van der Waals surface area contributed by atoms with Gasteiger partial charge in [-0.1, -0.05) is 12.6 Å². The lowest BCUT2D eigenvalue weighted by atomic mass is 10.1. The van der Waals surface area contributed by atoms with E-state index in [9.17, 15) is 4.79 Å². The Labute approximate surface area is 88.4 Å². The Bertz CT molecular complexity index is 371. The fourth-order valence-electron chi connectivity index (χ4n) is 1.11. The lowest BCUT2D eigenvalue weighted by Crippen LogP contribution is -2.32. The van der Waals surface area contributed by atoms with Crippen molar-refractivity contribution in [3.63, 3.8) is 0 Å². The molecular weight excluding hydrogens is 192 g/mol. The second-order valence-corrected chi connectivity index (χ2v) is 3.47. The molecule has 3 N–H and O–H groups in total. The molecule has 1 rings (SSSR count). The summed E-state index contributed by atoms with van der Waals surface area (Å²) in [5.41, 5.74) is 7.94. The summed E-state index contributed by atoms with van der Waals surface area (Å²) < 4.78 is 0. The summed E-state index contributed by atoms with van der Waals surface area (Å²) in [7, 11) is 0. The predicted molar refractivity (Wildman–Crippen MR) is 58.3 cm³/mol. The number of carbonyl (C=O) groups is 1. The molecule has 0 saturated carbocycles. The van der Waals surface area contributed by atoms with Gasteiger partial charge in [-0.3, -0.25) is 9.78 Å². The van der Waals surface area contributed by atoms with Crippen molar-refractivity contribution in [3.05, 3.63) is 36.2 Å². The highest BCUT2D eigenvalue weighted by Gasteiger charge is 2.12. The zero-order valence-electron chi connectivity index (χ0n) is 8.60. The molecule has 0 aliphatic rings. The SMILES string of the molecule is C=C(C)c1ccc(CC(N)C(=O)O)nc1. The first kappa shape index (κ1) is 11.4. The molecule has 0 spiro atoms. The quantitative estimate of drug-likeness (QED) is 0.772. The molecule has 0 fully saturated rings. The molecule has 1 aromatic heterocycles. The molecule has 4 nitrogen and oxygen atoms in total. The molecule has 4 heteroatoms. The number of nitrogens with two attached hydrogens (primary N) is 1. The average Bonchev–Trinajstić information content (AvgIpc) is 2.18. The predicted octanol–water partition coefficient (Wildman–Crippen LogP) is 1.07. The summed E-state index contributed by atoms with van der Waals surface area (Å²) in [5, 5.41) is 8.62. The lowest BCUT2D eigenvalue weighted by Gasteiger charge is -2.06. The maximum Gasteiger partial charge on any atom is 0.320 e. The summed E-state index contributed by atoms with van der Waals surface area (Å²) in [6.07, 6.45) is 1.91. The summed E-state index contributed by atoms with van der Waals surface area (Å²) in [4.78, 5) is 14.6. The molecule has 1 aromatic rings. The second kappa shape index (κ2) is 4.70. The molecule has 0 aliphatic carbocycles. The van der Waals surface area contributed by atoms with Gasteiger partial charge in [-0.2, -0.15) is 0 Å². The van der Waals surface area contributed by atoms with Crippen LogP contribution in [0.25, 0.3) is 5.57 Å². The van der Waals surface area contributed by atoms with E-state index < -0.39 is 12.0 Å². The van der Waals surface area contributed by atoms with Gasteiger partial charge < -0.3 is 10.8 Å². The molecule has 80 valence electrons. The highest BCUT2D eigenvalue weighted by Crippen LogP contribution is 2.10. The molecule has 0 bridgehead atoms. The summed E-state index contributed by atoms with van der Waals surface area (Å²) in [6.45, 7) is 5.67. The molecule has 0 aliphatic heterocycles. The van der Waals surface area contributed by atoms with E-state index in [4.69, 9.17) is 10.8 Å². The maximum absolute atomic E-state index is 10.5. The number of hydrogen-bond acceptors (Lipinski definition) is 3. The monoisotopic (exact) mass is 206 g/mol. The van der Waals surface area contributed by atoms with Crippen LogP contribution in [-0.2, 0) is 11.2 Å². The van der Waals surface area contributed by atoms with Gasteiger partial charge in [-0.15, -0.1) is 0 Å². The van der Waals surface area contributed by atoms with Gasteiger partial charge in [0.05, 0.1) is 0 Å². The Morgan fingerprint density at radius 1 is 1.67 bits per heavy atom. The van der Waals surface area contributed by atoms with Crippen LogP contribution >= 0.6 is 0 Å². The normalized spacial score (nSPS) is 12.1. The first-order valence-corrected chi connectivity index (χ1v) is 4.60. The molecule has 15 heavy (non-hydrogen) atoms. The number of aromatic nitrogens is 1. The molecule has 1 heterocycles. The first-order valence-electron chi connectivity index (χ1n) is 4.60. The Morgan fingerprint density at radius 3 is 2.73 bits per heavy atom. The minimum absolute atomic E-state index is 0.242. The van der Waals surface area contributed by atoms with Crippen LogP contribution < -0.4 is 5.73 Å². The van der Waals surface area contributed by atoms with Gasteiger partial charge >= 0.3 is 5.97 Å². The Kier molecular flexibility index (Phi) is 3.57. The van der Waals surface area contributed by atoms with Crippen molar-refractivity contribution in [2.75, 3.05) is 0 Å². The van der Waals surface area contributed by atoms with Gasteiger partial charge in [-0.05, 0) is 24.1 Å². The molecule has 0 aromatic carbocycles. The van der Waals surface area contributed by atoms with E-state index in [2.05, 4.69) is 11.6 Å². The van der Waals surface area contributed by atoms with E-state index in [-0.39, 0.29) is 6.42 Å². The zero-order chi connectivity index (χ0) is 11.4. The van der Waals surface area contributed by atoms with Crippen LogP contribution in [0.3, 0.4) is 0 Å². The third-order valence-electron chi connectivity index (χ3n) is 2.06. The average molecular weight is 206 g/mol. The molecular formula is C11H14N2O2. The fourth-order valence-corrected chi connectivity index (χ4v) is 1.11. The number of rotatable bonds is 4. The number of carboxylic acid groups (broad SMARTS) is 1. The van der Waals surface area contributed by atoms with Gasteiger partial charge in [0, 0.05) is 18.3 Å². The highest BCUT2D eigenvalue weighted by molar-refractivity contribution is 5.73. The third kappa shape index (κ3) is 3.18. The number of aliphatic carboxylic acids is 1. The Morgan fingerprint density at radius 2 is 2.33 bits per heavy atom. The fraction of sp³-hybridized carbons (Fsp3) is 0.273. The standard InChI is InChI=1S/C11H14N2O2/c1-7(2)8-3-4-9(13-6-8)5-10(12)11(14)15/h3-4,6,10H,1,5,12H2,2H3,(H,14,15). The van der Waals surface area contributed by atoms with Crippen LogP contribution in [0.2, 0.25) is 0 Å². The van der Waals surface area contributed by atoms with Crippen LogP contribution in [0.15, 0.2) is 24.9 Å². The van der Waals surface area contributed by atoms with Crippen LogP contribution in [0, 0.1) is 0 Å². The van der Waals surface area contributed by atoms with E-state index in [0.29, 0.717) is 5.69 Å². The molecule has 0 radical (unpaired) electrons. The van der Waals surface area contributed by atoms with E-state index >= 15 is 0 Å². The largest absolute Gasteiger partial charge is 0.480 e. The van der Waals surface area contributed by atoms with E-state index in [1.54, 1.807) is 12.3 Å². The van der Waals surface area contributed by atoms with Crippen molar-refractivity contribution in [2.45, 2.75) is 19.4 Å². The van der Waals surface area contributed by atoms with E-state index in [1.807, 2.05) is 13.0 Å². The van der Waals surface area contributed by atoms with Gasteiger partial charge in [0.2, 0.25) is 0 Å². The molecule has 0 amide bonds. The van der Waals surface area contributed by atoms with Crippen LogP contribution in [-0.4, -0.2) is 22.1 Å². The zero-order valence-corrected chi connectivity index (χ0v) is 8.60. The maximum atomic E-state index is 10.5. The minimum atomic E-state index is -1.01. The number of allylic oxidation sites excluding steroid dienone is 1. The number of nitrogens with zero attached hydrogens (tertiary/aromatic N) is 1. The van der Waals surface area contributed by atoms with Crippen molar-refractivity contribution < 1.29 is 9.90 Å². The highest BCUT2D eigenvalue weighted by atomic mass is 16.4. The molecule has 1 unspecified atom stereocenters. The Balaban J connectivity index is 2.72. The van der Waals surface area contributed by atoms with Crippen LogP contribution in [0.1, 0.15) is 18.2 Å². The van der Waals surface area contributed by atoms with Gasteiger partial charge in [0.15, 0.2) is 0 Å². The van der Waals surface area contributed by atoms with Gasteiger partial charge in [-0.25, -0.2) is 0 Å². The summed E-state index contributed by atoms with van der Waals surface area (Å²) >= 11 is 0. The number of pyridine rings is 1. The summed E-state index contributed by atoms with van der Waals surface area (Å²) in [5.74, 6) is -1.01. The van der Waals surface area contributed by atoms with Gasteiger partial charge in [0.25, 0.3) is 0 Å². The van der Waals surface area contributed by atoms with Crippen LogP contribution in [0.4, 0.5) is 0 Å². The topological polar surface area (TPSA) is 76.2 Å². The van der Waals surface area contributed by atoms with Crippen molar-refractivity contribution in [1.82, 2.24) is 4.98 Å². The molecule has 1 atom stereocenters. The minimum Gasteiger partial charge on any atom is -0.480 e. The van der Waals surface area contributed by atoms with E-state index in [1.165, 1.54) is 0 Å². The van der Waals surface area contributed by atoms with Crippen molar-refractivity contribution in [3.8, 4) is 0 Å². The van der Waals surface area contributed by atoms with Crippen LogP contribution in [0.5, 0.6) is 0 Å². The van der Waals surface area contributed by atoms with Crippen molar-refractivity contribution in [2.24, 2.45) is 5.73 Å². The summed E-state index contributed by atoms with van der Waals surface area (Å²) in [6, 6.07) is 2.74. The Hall–Kier alpha value is -1.68. The lowest BCUT2D eigenvalue weighted by molar-refractivity contribution is -0.138. The van der Waals surface area contributed by atoms with Crippen molar-refractivity contribution in [1.29, 1.82) is 0 Å². The second-order valence-electron chi connectivity index (χ2n) is 3.47. The first-order chi connectivity index (χ1) is 7.00. The van der Waals surface area contributed by atoms with Gasteiger partial charge in [0.1, 0.15) is 6.04 Å². The molecule has 0 saturated heterocycles. The third-order valence-corrected chi connectivity index (χ3v) is 2.06. The van der Waals surface area contributed by atoms with Crippen molar-refractivity contribution >= 4 is 11.5 Å². The van der Waals surface area contributed by atoms with E-state index in [0.717, 1.165) is 11.1 Å². The number of hydrogen-bond donors (Lipinski definition) is 2. The number of carboxylic acids is 1.